The van der Waals surface area contributed by atoms with Crippen LogP contribution in [0, 0.1) is 11.8 Å². The fourth-order valence-electron chi connectivity index (χ4n) is 0.158. The summed E-state index contributed by atoms with van der Waals surface area (Å²) < 4.78 is 0. The van der Waals surface area contributed by atoms with Gasteiger partial charge in [0, 0.05) is 0 Å². The molecule has 0 aliphatic rings. The predicted molar refractivity (Wildman–Crippen MR) is 24.2 cm³/mol. The molecule has 46 valence electrons. The van der Waals surface area contributed by atoms with E-state index in [1.807, 2.05) is 5.92 Å². The van der Waals surface area contributed by atoms with Gasteiger partial charge in [0.15, 0.2) is 0 Å². The Bertz CT molecular complexity index is 112. The Hall–Kier alpha value is -0.600. The van der Waals surface area contributed by atoms with Crippen LogP contribution in [0.5, 0.6) is 0 Å². The SMILES string of the molecule is OCC#CC(O)(O)O. The molecule has 4 nitrogen and oxygen atoms in total. The van der Waals surface area contributed by atoms with Crippen LogP contribution in [0.1, 0.15) is 0 Å². The van der Waals surface area contributed by atoms with E-state index in [0.717, 1.165) is 0 Å². The van der Waals surface area contributed by atoms with E-state index >= 15 is 0 Å². The highest BCUT2D eigenvalue weighted by atomic mass is 16.7. The average molecular weight is 118 g/mol. The van der Waals surface area contributed by atoms with Gasteiger partial charge in [-0.1, -0.05) is 5.92 Å². The van der Waals surface area contributed by atoms with Crippen LogP contribution in [0.4, 0.5) is 0 Å². The Kier molecular flexibility index (Phi) is 2.45. The standard InChI is InChI=1S/C4H6O4/c5-3-1-2-4(6,7)8/h5-8H,3H2. The van der Waals surface area contributed by atoms with Crippen molar-refractivity contribution in [3.8, 4) is 11.8 Å². The van der Waals surface area contributed by atoms with Gasteiger partial charge in [0.25, 0.3) is 0 Å². The fraction of sp³-hybridized carbons (Fsp3) is 0.500. The Morgan fingerprint density at radius 3 is 1.88 bits per heavy atom. The van der Waals surface area contributed by atoms with Crippen LogP contribution in [0.2, 0.25) is 0 Å². The Morgan fingerprint density at radius 1 is 1.25 bits per heavy atom. The van der Waals surface area contributed by atoms with Crippen molar-refractivity contribution in [2.75, 3.05) is 6.61 Å². The molecule has 0 saturated heterocycles. The van der Waals surface area contributed by atoms with Crippen LogP contribution < -0.4 is 0 Å². The molecule has 0 aliphatic heterocycles. The topological polar surface area (TPSA) is 80.9 Å². The Balaban J connectivity index is 3.69. The van der Waals surface area contributed by atoms with E-state index in [1.54, 1.807) is 0 Å². The zero-order valence-corrected chi connectivity index (χ0v) is 4.00. The minimum Gasteiger partial charge on any atom is -0.384 e. The van der Waals surface area contributed by atoms with Crippen LogP contribution in [-0.2, 0) is 0 Å². The van der Waals surface area contributed by atoms with E-state index in [1.165, 1.54) is 5.92 Å². The highest BCUT2D eigenvalue weighted by Crippen LogP contribution is 1.84. The monoisotopic (exact) mass is 118 g/mol. The fourth-order valence-corrected chi connectivity index (χ4v) is 0.158. The minimum atomic E-state index is -2.97. The maximum Gasteiger partial charge on any atom is 0.345 e. The lowest BCUT2D eigenvalue weighted by Gasteiger charge is -2.01. The van der Waals surface area contributed by atoms with Gasteiger partial charge in [-0.3, -0.25) is 0 Å². The van der Waals surface area contributed by atoms with Crippen molar-refractivity contribution >= 4 is 0 Å². The number of hydrogen-bond acceptors (Lipinski definition) is 4. The van der Waals surface area contributed by atoms with Gasteiger partial charge in [0.1, 0.15) is 6.61 Å². The number of aliphatic hydroxyl groups is 4. The number of aliphatic hydroxyl groups excluding tert-OH is 1. The van der Waals surface area contributed by atoms with E-state index < -0.39 is 12.6 Å². The lowest BCUT2D eigenvalue weighted by molar-refractivity contribution is -0.265. The van der Waals surface area contributed by atoms with Gasteiger partial charge in [-0.2, -0.15) is 0 Å². The molecule has 0 aromatic carbocycles. The summed E-state index contributed by atoms with van der Waals surface area (Å²) in [5.74, 6) is 0.412. The molecule has 0 aromatic rings. The summed E-state index contributed by atoms with van der Waals surface area (Å²) >= 11 is 0. The van der Waals surface area contributed by atoms with E-state index in [4.69, 9.17) is 20.4 Å². The van der Waals surface area contributed by atoms with Crippen molar-refractivity contribution in [2.24, 2.45) is 0 Å². The normalized spacial score (nSPS) is 10.0. The lowest BCUT2D eigenvalue weighted by Crippen LogP contribution is -2.24. The first kappa shape index (κ1) is 7.40. The molecule has 0 aliphatic carbocycles. The molecule has 0 aromatic heterocycles. The molecule has 0 atom stereocenters. The Labute approximate surface area is 46.0 Å². The minimum absolute atomic E-state index is 0.510. The summed E-state index contributed by atoms with van der Waals surface area (Å²) in [5.41, 5.74) is 0. The summed E-state index contributed by atoms with van der Waals surface area (Å²) in [7, 11) is 0. The molecule has 0 saturated carbocycles. The molecular formula is C4H6O4. The van der Waals surface area contributed by atoms with Crippen molar-refractivity contribution < 1.29 is 20.4 Å². The quantitative estimate of drug-likeness (QED) is 0.211. The zero-order chi connectivity index (χ0) is 6.62. The molecule has 0 unspecified atom stereocenters. The molecule has 4 N–H and O–H groups in total. The molecule has 0 bridgehead atoms. The predicted octanol–water partition coefficient (Wildman–Crippen LogP) is -2.39. The highest BCUT2D eigenvalue weighted by Gasteiger charge is 2.11. The first-order chi connectivity index (χ1) is 3.56. The third kappa shape index (κ3) is 5.40. The average Bonchev–Trinajstić information content (AvgIpc) is 1.59. The first-order valence-corrected chi connectivity index (χ1v) is 1.84. The molecule has 0 spiro atoms. The third-order valence-corrected chi connectivity index (χ3v) is 0.335. The van der Waals surface area contributed by atoms with Crippen LogP contribution in [-0.4, -0.2) is 33.0 Å². The number of hydrogen-bond donors (Lipinski definition) is 4. The molecular weight excluding hydrogens is 112 g/mol. The summed E-state index contributed by atoms with van der Waals surface area (Å²) in [6.45, 7) is -0.510. The molecule has 0 heterocycles. The summed E-state index contributed by atoms with van der Waals surface area (Å²) in [6.07, 6.45) is 0. The van der Waals surface area contributed by atoms with Gasteiger partial charge in [0.05, 0.1) is 0 Å². The van der Waals surface area contributed by atoms with Crippen LogP contribution in [0.3, 0.4) is 0 Å². The summed E-state index contributed by atoms with van der Waals surface area (Å²) in [6, 6.07) is 0. The second kappa shape index (κ2) is 2.64. The lowest BCUT2D eigenvalue weighted by atomic mass is 10.5. The van der Waals surface area contributed by atoms with Crippen molar-refractivity contribution in [1.82, 2.24) is 0 Å². The summed E-state index contributed by atoms with van der Waals surface area (Å²) in [5, 5.41) is 31.8. The van der Waals surface area contributed by atoms with Crippen molar-refractivity contribution in [2.45, 2.75) is 5.97 Å². The first-order valence-electron chi connectivity index (χ1n) is 1.84. The number of rotatable bonds is 0. The smallest absolute Gasteiger partial charge is 0.345 e. The van der Waals surface area contributed by atoms with E-state index in [9.17, 15) is 0 Å². The van der Waals surface area contributed by atoms with Gasteiger partial charge in [0.2, 0.25) is 0 Å². The van der Waals surface area contributed by atoms with Gasteiger partial charge in [-0.15, -0.1) is 0 Å². The maximum absolute atomic E-state index is 7.98. The van der Waals surface area contributed by atoms with Crippen LogP contribution in [0.25, 0.3) is 0 Å². The molecule has 4 heteroatoms. The van der Waals surface area contributed by atoms with Gasteiger partial charge >= 0.3 is 5.97 Å². The van der Waals surface area contributed by atoms with Crippen LogP contribution in [0.15, 0.2) is 0 Å². The van der Waals surface area contributed by atoms with E-state index in [2.05, 4.69) is 0 Å². The van der Waals surface area contributed by atoms with Gasteiger partial charge in [-0.05, 0) is 5.92 Å². The second-order valence-electron chi connectivity index (χ2n) is 1.10. The van der Waals surface area contributed by atoms with E-state index in [0.29, 0.717) is 0 Å². The molecule has 8 heavy (non-hydrogen) atoms. The summed E-state index contributed by atoms with van der Waals surface area (Å²) in [4.78, 5) is 0. The second-order valence-corrected chi connectivity index (χ2v) is 1.10. The van der Waals surface area contributed by atoms with E-state index in [-0.39, 0.29) is 0 Å². The largest absolute Gasteiger partial charge is 0.384 e. The molecule has 0 rings (SSSR count). The maximum atomic E-state index is 7.98. The molecule has 0 radical (unpaired) electrons. The zero-order valence-electron chi connectivity index (χ0n) is 4.00. The third-order valence-electron chi connectivity index (χ3n) is 0.335. The Morgan fingerprint density at radius 2 is 1.75 bits per heavy atom. The van der Waals surface area contributed by atoms with Crippen molar-refractivity contribution in [3.63, 3.8) is 0 Å². The van der Waals surface area contributed by atoms with Gasteiger partial charge < -0.3 is 20.4 Å². The molecule has 0 amide bonds. The van der Waals surface area contributed by atoms with Crippen molar-refractivity contribution in [1.29, 1.82) is 0 Å². The highest BCUT2D eigenvalue weighted by molar-refractivity contribution is 5.03. The van der Waals surface area contributed by atoms with Crippen molar-refractivity contribution in [3.05, 3.63) is 0 Å². The van der Waals surface area contributed by atoms with Gasteiger partial charge in [-0.25, -0.2) is 0 Å². The van der Waals surface area contributed by atoms with Crippen LogP contribution >= 0.6 is 0 Å². The molecule has 0 fully saturated rings.